The number of rotatable bonds is 7. The topological polar surface area (TPSA) is 64.6 Å². The number of hydrogen-bond donors (Lipinski definition) is 1. The molecule has 5 rings (SSSR count). The fraction of sp³-hybridized carbons (Fsp3) is 0.273. The van der Waals surface area contributed by atoms with Crippen LogP contribution in [-0.2, 0) is 20.9 Å². The van der Waals surface area contributed by atoms with E-state index in [-0.39, 0.29) is 17.8 Å². The van der Waals surface area contributed by atoms with Gasteiger partial charge in [-0.05, 0) is 50.3 Å². The van der Waals surface area contributed by atoms with Crippen molar-refractivity contribution in [1.82, 2.24) is 5.32 Å². The molecular formula is C33H33NO4. The second-order valence-electron chi connectivity index (χ2n) is 10.2. The number of carbonyl (C=O) groups is 2. The van der Waals surface area contributed by atoms with E-state index in [9.17, 15) is 9.59 Å². The van der Waals surface area contributed by atoms with E-state index in [2.05, 4.69) is 17.4 Å². The summed E-state index contributed by atoms with van der Waals surface area (Å²) in [6.45, 7) is 5.93. The Kier molecular flexibility index (Phi) is 7.45. The van der Waals surface area contributed by atoms with Crippen molar-refractivity contribution in [2.75, 3.05) is 0 Å². The number of ketones is 1. The summed E-state index contributed by atoms with van der Waals surface area (Å²) < 4.78 is 12.0. The number of para-hydroxylation sites is 1. The van der Waals surface area contributed by atoms with Gasteiger partial charge < -0.3 is 14.8 Å². The normalized spacial score (nSPS) is 19.2. The van der Waals surface area contributed by atoms with Crippen molar-refractivity contribution in [1.29, 1.82) is 0 Å². The number of benzene rings is 3. The smallest absolute Gasteiger partial charge is 0.337 e. The van der Waals surface area contributed by atoms with Gasteiger partial charge in [0.1, 0.15) is 12.4 Å². The first-order valence-electron chi connectivity index (χ1n) is 13.2. The van der Waals surface area contributed by atoms with Gasteiger partial charge in [0.05, 0.1) is 17.6 Å². The summed E-state index contributed by atoms with van der Waals surface area (Å²) in [4.78, 5) is 27.3. The second-order valence-corrected chi connectivity index (χ2v) is 10.2. The SMILES string of the molecule is CC1=C(C(=O)OC(C)C)[C@@H](c2ccccc2OCc2ccccc2)C2=C(C[C@@H](c3ccccc3)CC2=O)N1. The Morgan fingerprint density at radius 2 is 1.58 bits per heavy atom. The molecule has 0 unspecified atom stereocenters. The van der Waals surface area contributed by atoms with Gasteiger partial charge in [0.25, 0.3) is 0 Å². The van der Waals surface area contributed by atoms with Crippen molar-refractivity contribution in [3.8, 4) is 5.75 Å². The van der Waals surface area contributed by atoms with Gasteiger partial charge in [-0.1, -0.05) is 78.9 Å². The molecule has 38 heavy (non-hydrogen) atoms. The minimum Gasteiger partial charge on any atom is -0.489 e. The molecule has 0 aromatic heterocycles. The highest BCUT2D eigenvalue weighted by Crippen LogP contribution is 2.47. The van der Waals surface area contributed by atoms with E-state index in [1.54, 1.807) is 0 Å². The van der Waals surface area contributed by atoms with Crippen LogP contribution in [0.5, 0.6) is 5.75 Å². The molecule has 2 atom stereocenters. The zero-order chi connectivity index (χ0) is 26.6. The van der Waals surface area contributed by atoms with Crippen LogP contribution >= 0.6 is 0 Å². The van der Waals surface area contributed by atoms with Crippen LogP contribution in [0.3, 0.4) is 0 Å². The zero-order valence-corrected chi connectivity index (χ0v) is 22.1. The maximum absolute atomic E-state index is 13.9. The Morgan fingerprint density at radius 1 is 0.921 bits per heavy atom. The molecule has 1 heterocycles. The first kappa shape index (κ1) is 25.5. The molecule has 5 nitrogen and oxygen atoms in total. The molecule has 5 heteroatoms. The number of hydrogen-bond acceptors (Lipinski definition) is 5. The Balaban J connectivity index is 1.58. The molecule has 0 radical (unpaired) electrons. The third-order valence-electron chi connectivity index (χ3n) is 7.13. The van der Waals surface area contributed by atoms with Crippen molar-refractivity contribution < 1.29 is 19.1 Å². The molecule has 0 spiro atoms. The average molecular weight is 508 g/mol. The monoisotopic (exact) mass is 507 g/mol. The summed E-state index contributed by atoms with van der Waals surface area (Å²) in [6, 6.07) is 27.8. The number of nitrogens with one attached hydrogen (secondary N) is 1. The molecule has 3 aromatic rings. The first-order chi connectivity index (χ1) is 18.4. The van der Waals surface area contributed by atoms with E-state index in [4.69, 9.17) is 9.47 Å². The Labute approximate surface area is 224 Å². The molecule has 1 aliphatic carbocycles. The highest BCUT2D eigenvalue weighted by molar-refractivity contribution is 6.04. The Bertz CT molecular complexity index is 1390. The van der Waals surface area contributed by atoms with Crippen molar-refractivity contribution in [3.63, 3.8) is 0 Å². The number of esters is 1. The third-order valence-corrected chi connectivity index (χ3v) is 7.13. The largest absolute Gasteiger partial charge is 0.489 e. The van der Waals surface area contributed by atoms with E-state index in [0.717, 1.165) is 22.4 Å². The van der Waals surface area contributed by atoms with Gasteiger partial charge >= 0.3 is 5.97 Å². The highest BCUT2D eigenvalue weighted by Gasteiger charge is 2.42. The summed E-state index contributed by atoms with van der Waals surface area (Å²) in [7, 11) is 0. The lowest BCUT2D eigenvalue weighted by Crippen LogP contribution is -2.36. The summed E-state index contributed by atoms with van der Waals surface area (Å²) in [5.41, 5.74) is 5.64. The predicted octanol–water partition coefficient (Wildman–Crippen LogP) is 6.58. The van der Waals surface area contributed by atoms with E-state index in [1.807, 2.05) is 93.6 Å². The average Bonchev–Trinajstić information content (AvgIpc) is 2.92. The minimum atomic E-state index is -0.575. The van der Waals surface area contributed by atoms with E-state index < -0.39 is 11.9 Å². The molecule has 0 fully saturated rings. The summed E-state index contributed by atoms with van der Waals surface area (Å²) >= 11 is 0. The number of allylic oxidation sites excluding steroid dienone is 3. The molecule has 0 amide bonds. The number of ether oxygens (including phenoxy) is 2. The van der Waals surface area contributed by atoms with Crippen molar-refractivity contribution in [2.45, 2.75) is 58.2 Å². The van der Waals surface area contributed by atoms with Crippen LogP contribution in [0.25, 0.3) is 0 Å². The van der Waals surface area contributed by atoms with Gasteiger partial charge in [0, 0.05) is 29.0 Å². The first-order valence-corrected chi connectivity index (χ1v) is 13.2. The molecule has 0 saturated heterocycles. The zero-order valence-electron chi connectivity index (χ0n) is 22.1. The van der Waals surface area contributed by atoms with Gasteiger partial charge in [-0.2, -0.15) is 0 Å². The van der Waals surface area contributed by atoms with Crippen LogP contribution in [0.4, 0.5) is 0 Å². The lowest BCUT2D eigenvalue weighted by molar-refractivity contribution is -0.143. The maximum Gasteiger partial charge on any atom is 0.337 e. The van der Waals surface area contributed by atoms with Crippen LogP contribution < -0.4 is 10.1 Å². The lowest BCUT2D eigenvalue weighted by Gasteiger charge is -2.37. The standard InChI is InChI=1S/C33H33NO4/c1-21(2)38-33(36)30-22(3)34-27-18-25(24-14-8-5-9-15-24)19-28(35)32(27)31(30)26-16-10-11-17-29(26)37-20-23-12-6-4-7-13-23/h4-17,21,25,31,34H,18-20H2,1-3H3/t25-,31-/m1/s1. The Morgan fingerprint density at radius 3 is 2.29 bits per heavy atom. The summed E-state index contributed by atoms with van der Waals surface area (Å²) in [6.07, 6.45) is 0.797. The van der Waals surface area contributed by atoms with Gasteiger partial charge in [-0.3, -0.25) is 4.79 Å². The third kappa shape index (κ3) is 5.28. The number of dihydropyridines is 1. The summed E-state index contributed by atoms with van der Waals surface area (Å²) in [5, 5.41) is 3.43. The minimum absolute atomic E-state index is 0.0396. The van der Waals surface area contributed by atoms with Gasteiger partial charge in [0.2, 0.25) is 0 Å². The number of Topliss-reactive ketones (excluding diaryl/α,β-unsaturated/α-hetero) is 1. The molecule has 3 aromatic carbocycles. The quantitative estimate of drug-likeness (QED) is 0.366. The molecule has 1 N–H and O–H groups in total. The van der Waals surface area contributed by atoms with Crippen LogP contribution in [0.1, 0.15) is 62.1 Å². The second kappa shape index (κ2) is 11.1. The molecule has 194 valence electrons. The molecule has 1 aliphatic heterocycles. The van der Waals surface area contributed by atoms with E-state index >= 15 is 0 Å². The van der Waals surface area contributed by atoms with Crippen molar-refractivity contribution in [3.05, 3.63) is 124 Å². The van der Waals surface area contributed by atoms with Crippen LogP contribution in [-0.4, -0.2) is 17.9 Å². The van der Waals surface area contributed by atoms with Crippen molar-refractivity contribution >= 4 is 11.8 Å². The maximum atomic E-state index is 13.9. The van der Waals surface area contributed by atoms with Gasteiger partial charge in [-0.15, -0.1) is 0 Å². The predicted molar refractivity (Wildman–Crippen MR) is 147 cm³/mol. The summed E-state index contributed by atoms with van der Waals surface area (Å²) in [5.74, 6) is -0.225. The molecule has 0 saturated carbocycles. The van der Waals surface area contributed by atoms with E-state index in [1.165, 1.54) is 0 Å². The lowest BCUT2D eigenvalue weighted by atomic mass is 9.71. The fourth-order valence-corrected chi connectivity index (χ4v) is 5.44. The van der Waals surface area contributed by atoms with Crippen LogP contribution in [0.2, 0.25) is 0 Å². The Hall–Kier alpha value is -4.12. The van der Waals surface area contributed by atoms with Gasteiger partial charge in [-0.25, -0.2) is 4.79 Å². The highest BCUT2D eigenvalue weighted by atomic mass is 16.5. The fourth-order valence-electron chi connectivity index (χ4n) is 5.44. The number of carbonyl (C=O) groups excluding carboxylic acids is 2. The van der Waals surface area contributed by atoms with Gasteiger partial charge in [0.15, 0.2) is 5.78 Å². The van der Waals surface area contributed by atoms with Crippen molar-refractivity contribution in [2.24, 2.45) is 0 Å². The van der Waals surface area contributed by atoms with Crippen LogP contribution in [0, 0.1) is 0 Å². The molecular weight excluding hydrogens is 474 g/mol. The van der Waals surface area contributed by atoms with E-state index in [0.29, 0.717) is 42.0 Å². The van der Waals surface area contributed by atoms with Crippen LogP contribution in [0.15, 0.2) is 107 Å². The molecule has 0 bridgehead atoms. The molecule has 2 aliphatic rings.